The molecule has 1 unspecified atom stereocenters. The summed E-state index contributed by atoms with van der Waals surface area (Å²) in [5, 5.41) is 10.1. The van der Waals surface area contributed by atoms with E-state index in [-0.39, 0.29) is 5.54 Å². The molecule has 1 aliphatic heterocycles. The number of morpholine rings is 1. The topological polar surface area (TPSA) is 51.2 Å². The van der Waals surface area contributed by atoms with Crippen LogP contribution in [0.25, 0.3) is 0 Å². The zero-order chi connectivity index (χ0) is 16.7. The second kappa shape index (κ2) is 8.99. The Morgan fingerprint density at radius 2 is 2.04 bits per heavy atom. The van der Waals surface area contributed by atoms with Crippen molar-refractivity contribution in [2.45, 2.75) is 25.5 Å². The Labute approximate surface area is 146 Å². The van der Waals surface area contributed by atoms with E-state index in [1.807, 2.05) is 24.3 Å². The smallest absolute Gasteiger partial charge is 0.119 e. The molecular weight excluding hydrogens is 362 g/mol. The summed E-state index contributed by atoms with van der Waals surface area (Å²) in [6, 6.07) is 7.67. The summed E-state index contributed by atoms with van der Waals surface area (Å²) in [5.41, 5.74) is -0.0378. The van der Waals surface area contributed by atoms with Gasteiger partial charge in [-0.25, -0.2) is 0 Å². The monoisotopic (exact) mass is 387 g/mol. The number of benzene rings is 1. The van der Waals surface area contributed by atoms with Crippen LogP contribution in [-0.2, 0) is 9.47 Å². The van der Waals surface area contributed by atoms with Crippen molar-refractivity contribution in [1.29, 1.82) is 0 Å². The molecule has 1 atom stereocenters. The number of rotatable bonds is 8. The molecule has 1 N–H and O–H groups in total. The summed E-state index contributed by atoms with van der Waals surface area (Å²) >= 11 is 3.38. The highest BCUT2D eigenvalue weighted by Crippen LogP contribution is 2.19. The number of nitrogens with zero attached hydrogens (tertiary/aromatic N) is 1. The first-order valence-corrected chi connectivity index (χ1v) is 8.74. The third kappa shape index (κ3) is 6.39. The molecule has 0 radical (unpaired) electrons. The van der Waals surface area contributed by atoms with Crippen molar-refractivity contribution in [2.75, 3.05) is 46.1 Å². The number of hydrogen-bond acceptors (Lipinski definition) is 5. The highest BCUT2D eigenvalue weighted by Gasteiger charge is 2.31. The van der Waals surface area contributed by atoms with Gasteiger partial charge in [-0.3, -0.25) is 4.90 Å². The van der Waals surface area contributed by atoms with E-state index in [0.29, 0.717) is 33.0 Å². The normalized spacial score (nSPS) is 19.5. The van der Waals surface area contributed by atoms with Crippen LogP contribution < -0.4 is 4.74 Å². The minimum absolute atomic E-state index is 0.0378. The molecule has 0 spiro atoms. The first-order valence-electron chi connectivity index (χ1n) is 7.94. The van der Waals surface area contributed by atoms with Crippen LogP contribution in [0, 0.1) is 0 Å². The maximum atomic E-state index is 10.1. The van der Waals surface area contributed by atoms with E-state index in [1.54, 1.807) is 0 Å². The fourth-order valence-electron chi connectivity index (χ4n) is 2.50. The summed E-state index contributed by atoms with van der Waals surface area (Å²) in [6.45, 7) is 8.37. The molecule has 2 rings (SSSR count). The van der Waals surface area contributed by atoms with Crippen LogP contribution in [0.1, 0.15) is 13.8 Å². The molecule has 0 saturated carbocycles. The van der Waals surface area contributed by atoms with E-state index in [9.17, 15) is 5.11 Å². The molecule has 1 aromatic carbocycles. The Kier molecular flexibility index (Phi) is 7.30. The Hall–Kier alpha value is -0.660. The average Bonchev–Trinajstić information content (AvgIpc) is 2.51. The molecule has 6 heteroatoms. The Morgan fingerprint density at radius 1 is 1.30 bits per heavy atom. The lowest BCUT2D eigenvalue weighted by Crippen LogP contribution is -2.55. The molecule has 1 aromatic rings. The summed E-state index contributed by atoms with van der Waals surface area (Å²) in [7, 11) is 0. The summed E-state index contributed by atoms with van der Waals surface area (Å²) in [6.07, 6.45) is -0.500. The van der Waals surface area contributed by atoms with Gasteiger partial charge in [0.1, 0.15) is 12.4 Å². The zero-order valence-corrected chi connectivity index (χ0v) is 15.4. The zero-order valence-electron chi connectivity index (χ0n) is 13.8. The number of hydrogen-bond donors (Lipinski definition) is 1. The van der Waals surface area contributed by atoms with Gasteiger partial charge in [0.15, 0.2) is 0 Å². The number of ether oxygens (including phenoxy) is 3. The minimum Gasteiger partial charge on any atom is -0.491 e. The lowest BCUT2D eigenvalue weighted by Gasteiger charge is -2.42. The van der Waals surface area contributed by atoms with Gasteiger partial charge in [-0.2, -0.15) is 0 Å². The molecular formula is C17H26BrNO4. The number of aliphatic hydroxyl groups is 1. The SMILES string of the molecule is CC1(C)COCCN1CC(O)COCCOc1ccc(Br)cc1. The van der Waals surface area contributed by atoms with Crippen molar-refractivity contribution in [3.05, 3.63) is 28.7 Å². The largest absolute Gasteiger partial charge is 0.491 e. The van der Waals surface area contributed by atoms with Crippen LogP contribution >= 0.6 is 15.9 Å². The molecule has 0 bridgehead atoms. The predicted octanol–water partition coefficient (Wildman–Crippen LogP) is 2.32. The van der Waals surface area contributed by atoms with Crippen LogP contribution in [0.3, 0.4) is 0 Å². The van der Waals surface area contributed by atoms with Crippen molar-refractivity contribution in [3.63, 3.8) is 0 Å². The molecule has 23 heavy (non-hydrogen) atoms. The van der Waals surface area contributed by atoms with Gasteiger partial charge in [0.2, 0.25) is 0 Å². The highest BCUT2D eigenvalue weighted by atomic mass is 79.9. The number of aliphatic hydroxyl groups excluding tert-OH is 1. The van der Waals surface area contributed by atoms with Gasteiger partial charge in [0.25, 0.3) is 0 Å². The van der Waals surface area contributed by atoms with Crippen LogP contribution in [0.15, 0.2) is 28.7 Å². The van der Waals surface area contributed by atoms with Gasteiger partial charge in [-0.1, -0.05) is 15.9 Å². The van der Waals surface area contributed by atoms with E-state index in [2.05, 4.69) is 34.7 Å². The van der Waals surface area contributed by atoms with Crippen molar-refractivity contribution in [2.24, 2.45) is 0 Å². The van der Waals surface area contributed by atoms with Gasteiger partial charge >= 0.3 is 0 Å². The van der Waals surface area contributed by atoms with Crippen molar-refractivity contribution in [3.8, 4) is 5.75 Å². The number of halogens is 1. The maximum absolute atomic E-state index is 10.1. The van der Waals surface area contributed by atoms with Gasteiger partial charge in [0, 0.05) is 23.1 Å². The molecule has 1 saturated heterocycles. The van der Waals surface area contributed by atoms with Crippen LogP contribution in [0.4, 0.5) is 0 Å². The van der Waals surface area contributed by atoms with Gasteiger partial charge in [-0.05, 0) is 38.1 Å². The third-order valence-electron chi connectivity index (χ3n) is 3.87. The Balaban J connectivity index is 1.59. The van der Waals surface area contributed by atoms with Crippen LogP contribution in [0.2, 0.25) is 0 Å². The van der Waals surface area contributed by atoms with Crippen molar-refractivity contribution >= 4 is 15.9 Å². The quantitative estimate of drug-likeness (QED) is 0.693. The van der Waals surface area contributed by atoms with E-state index >= 15 is 0 Å². The van der Waals surface area contributed by atoms with Gasteiger partial charge in [-0.15, -0.1) is 0 Å². The summed E-state index contributed by atoms with van der Waals surface area (Å²) < 4.78 is 17.6. The molecule has 1 heterocycles. The fraction of sp³-hybridized carbons (Fsp3) is 0.647. The standard InChI is InChI=1S/C17H26BrNO4/c1-17(2)13-22-8-7-19(17)11-15(20)12-21-9-10-23-16-5-3-14(18)4-6-16/h3-6,15,20H,7-13H2,1-2H3. The molecule has 0 aliphatic carbocycles. The van der Waals surface area contributed by atoms with Crippen molar-refractivity contribution < 1.29 is 19.3 Å². The van der Waals surface area contributed by atoms with Gasteiger partial charge < -0.3 is 19.3 Å². The predicted molar refractivity (Wildman–Crippen MR) is 92.9 cm³/mol. The molecule has 1 fully saturated rings. The average molecular weight is 388 g/mol. The fourth-order valence-corrected chi connectivity index (χ4v) is 2.77. The molecule has 1 aliphatic rings. The second-order valence-electron chi connectivity index (χ2n) is 6.34. The van der Waals surface area contributed by atoms with E-state index in [1.165, 1.54) is 0 Å². The van der Waals surface area contributed by atoms with Crippen molar-refractivity contribution in [1.82, 2.24) is 4.90 Å². The molecule has 130 valence electrons. The third-order valence-corrected chi connectivity index (χ3v) is 4.40. The van der Waals surface area contributed by atoms with Gasteiger partial charge in [0.05, 0.1) is 32.5 Å². The van der Waals surface area contributed by atoms with Crippen LogP contribution in [-0.4, -0.2) is 67.8 Å². The van der Waals surface area contributed by atoms with E-state index in [4.69, 9.17) is 14.2 Å². The van der Waals surface area contributed by atoms with E-state index < -0.39 is 6.10 Å². The summed E-state index contributed by atoms with van der Waals surface area (Å²) in [5.74, 6) is 0.812. The lowest BCUT2D eigenvalue weighted by atomic mass is 10.0. The van der Waals surface area contributed by atoms with Crippen LogP contribution in [0.5, 0.6) is 5.75 Å². The molecule has 0 amide bonds. The first-order chi connectivity index (χ1) is 11.0. The second-order valence-corrected chi connectivity index (χ2v) is 7.26. The molecule has 0 aromatic heterocycles. The highest BCUT2D eigenvalue weighted by molar-refractivity contribution is 9.10. The van der Waals surface area contributed by atoms with E-state index in [0.717, 1.165) is 23.4 Å². The maximum Gasteiger partial charge on any atom is 0.119 e. The summed E-state index contributed by atoms with van der Waals surface area (Å²) in [4.78, 5) is 2.25. The lowest BCUT2D eigenvalue weighted by molar-refractivity contribution is -0.0768. The minimum atomic E-state index is -0.500. The first kappa shape index (κ1) is 18.7. The Morgan fingerprint density at radius 3 is 2.74 bits per heavy atom. The number of β-amino-alcohol motifs (C(OH)–C–C–N with tert-alkyl or cyclic N) is 1. The Bertz CT molecular complexity index is 466. The molecule has 5 nitrogen and oxygen atoms in total.